The summed E-state index contributed by atoms with van der Waals surface area (Å²) in [6.45, 7) is 12.0. The third kappa shape index (κ3) is 5.53. The summed E-state index contributed by atoms with van der Waals surface area (Å²) in [5, 5.41) is 0. The van der Waals surface area contributed by atoms with Gasteiger partial charge in [0, 0.05) is 18.3 Å². The molecule has 4 rings (SSSR count). The lowest BCUT2D eigenvalue weighted by molar-refractivity contribution is -0.164. The van der Waals surface area contributed by atoms with E-state index in [-0.39, 0.29) is 17.3 Å². The molecule has 3 aromatic carbocycles. The Balaban J connectivity index is 1.95. The summed E-state index contributed by atoms with van der Waals surface area (Å²) in [4.78, 5) is 18.1. The fourth-order valence-corrected chi connectivity index (χ4v) is 5.06. The Morgan fingerprint density at radius 2 is 1.19 bits per heavy atom. The van der Waals surface area contributed by atoms with Gasteiger partial charge in [0.1, 0.15) is 11.1 Å². The molecule has 4 aromatic rings. The Morgan fingerprint density at radius 3 is 1.57 bits per heavy atom. The maximum Gasteiger partial charge on any atom is 0.310 e. The van der Waals surface area contributed by atoms with E-state index in [1.807, 2.05) is 51.5 Å². The molecule has 1 heterocycles. The first-order valence-corrected chi connectivity index (χ1v) is 12.9. The zero-order chi connectivity index (χ0) is 26.7. The first kappa shape index (κ1) is 26.4. The van der Waals surface area contributed by atoms with Crippen LogP contribution in [0.2, 0.25) is 0 Å². The highest BCUT2D eigenvalue weighted by atomic mass is 16.6. The van der Waals surface area contributed by atoms with Crippen LogP contribution in [0.15, 0.2) is 104 Å². The van der Waals surface area contributed by atoms with Gasteiger partial charge >= 0.3 is 5.97 Å². The fraction of sp³-hybridized carbons (Fsp3) is 0.333. The average Bonchev–Trinajstić information content (AvgIpc) is 3.32. The van der Waals surface area contributed by atoms with E-state index in [4.69, 9.17) is 4.74 Å². The van der Waals surface area contributed by atoms with E-state index in [0.717, 1.165) is 22.4 Å². The van der Waals surface area contributed by atoms with Gasteiger partial charge in [-0.15, -0.1) is 0 Å². The summed E-state index contributed by atoms with van der Waals surface area (Å²) < 4.78 is 8.13. The average molecular weight is 495 g/mol. The quantitative estimate of drug-likeness (QED) is 0.200. The molecule has 0 spiro atoms. The van der Waals surface area contributed by atoms with E-state index in [9.17, 15) is 4.79 Å². The minimum absolute atomic E-state index is 0.183. The molecule has 0 N–H and O–H groups in total. The molecule has 0 saturated carbocycles. The SMILES string of the molecule is CC(C)(C)OC(=O)C(Cc1cncn1C(c1ccccc1)(c1ccccc1)c1ccccc1)C(C)(C)C. The number of esters is 1. The lowest BCUT2D eigenvalue weighted by Gasteiger charge is -2.39. The predicted molar refractivity (Wildman–Crippen MR) is 149 cm³/mol. The molecule has 1 atom stereocenters. The van der Waals surface area contributed by atoms with Crippen LogP contribution in [0.25, 0.3) is 0 Å². The van der Waals surface area contributed by atoms with E-state index in [0.29, 0.717) is 6.42 Å². The molecule has 0 fully saturated rings. The number of benzene rings is 3. The number of carbonyl (C=O) groups is 1. The Labute approximate surface area is 221 Å². The van der Waals surface area contributed by atoms with Crippen LogP contribution in [-0.4, -0.2) is 21.1 Å². The van der Waals surface area contributed by atoms with Crippen molar-refractivity contribution in [2.75, 3.05) is 0 Å². The van der Waals surface area contributed by atoms with Gasteiger partial charge < -0.3 is 9.30 Å². The molecule has 0 amide bonds. The van der Waals surface area contributed by atoms with E-state index in [2.05, 4.69) is 103 Å². The van der Waals surface area contributed by atoms with Gasteiger partial charge in [0.05, 0.1) is 12.2 Å². The monoisotopic (exact) mass is 494 g/mol. The Morgan fingerprint density at radius 1 is 0.757 bits per heavy atom. The van der Waals surface area contributed by atoms with E-state index in [1.54, 1.807) is 0 Å². The fourth-order valence-electron chi connectivity index (χ4n) is 5.06. The first-order chi connectivity index (χ1) is 17.5. The van der Waals surface area contributed by atoms with Crippen LogP contribution in [0.5, 0.6) is 0 Å². The van der Waals surface area contributed by atoms with Crippen molar-refractivity contribution in [1.29, 1.82) is 0 Å². The molecule has 0 aliphatic heterocycles. The van der Waals surface area contributed by atoms with Gasteiger partial charge in [0.2, 0.25) is 0 Å². The number of carbonyl (C=O) groups excluding carboxylic acids is 1. The van der Waals surface area contributed by atoms with Crippen molar-refractivity contribution in [2.45, 2.75) is 59.1 Å². The Bertz CT molecular complexity index is 1200. The second kappa shape index (κ2) is 10.4. The second-order valence-electron chi connectivity index (χ2n) is 11.7. The van der Waals surface area contributed by atoms with Crippen molar-refractivity contribution in [3.63, 3.8) is 0 Å². The maximum atomic E-state index is 13.5. The van der Waals surface area contributed by atoms with Crippen molar-refractivity contribution in [3.05, 3.63) is 126 Å². The number of ether oxygens (including phenoxy) is 1. The molecule has 0 aliphatic rings. The van der Waals surface area contributed by atoms with Gasteiger partial charge in [0.25, 0.3) is 0 Å². The van der Waals surface area contributed by atoms with Crippen molar-refractivity contribution < 1.29 is 9.53 Å². The van der Waals surface area contributed by atoms with Gasteiger partial charge in [-0.25, -0.2) is 4.98 Å². The summed E-state index contributed by atoms with van der Waals surface area (Å²) in [6.07, 6.45) is 4.30. The van der Waals surface area contributed by atoms with Gasteiger partial charge in [0.15, 0.2) is 0 Å². The van der Waals surface area contributed by atoms with Crippen molar-refractivity contribution >= 4 is 5.97 Å². The largest absolute Gasteiger partial charge is 0.460 e. The molecule has 1 unspecified atom stereocenters. The van der Waals surface area contributed by atoms with Crippen LogP contribution in [0.3, 0.4) is 0 Å². The number of aromatic nitrogens is 2. The minimum atomic E-state index is -0.675. The van der Waals surface area contributed by atoms with E-state index in [1.165, 1.54) is 0 Å². The van der Waals surface area contributed by atoms with Crippen LogP contribution in [0.1, 0.15) is 63.9 Å². The number of rotatable bonds is 7. The minimum Gasteiger partial charge on any atom is -0.460 e. The van der Waals surface area contributed by atoms with Crippen LogP contribution in [0.4, 0.5) is 0 Å². The third-order valence-corrected chi connectivity index (χ3v) is 6.80. The predicted octanol–water partition coefficient (Wildman–Crippen LogP) is 7.27. The molecule has 192 valence electrons. The van der Waals surface area contributed by atoms with Crippen molar-refractivity contribution in [3.8, 4) is 0 Å². The molecule has 4 heteroatoms. The maximum absolute atomic E-state index is 13.5. The number of imidazole rings is 1. The molecule has 0 bridgehead atoms. The molecule has 0 radical (unpaired) electrons. The van der Waals surface area contributed by atoms with Crippen molar-refractivity contribution in [2.24, 2.45) is 11.3 Å². The van der Waals surface area contributed by atoms with Crippen molar-refractivity contribution in [1.82, 2.24) is 9.55 Å². The molecular weight excluding hydrogens is 456 g/mol. The van der Waals surface area contributed by atoms with E-state index < -0.39 is 11.1 Å². The third-order valence-electron chi connectivity index (χ3n) is 6.80. The van der Waals surface area contributed by atoms with Gasteiger partial charge in [-0.3, -0.25) is 4.79 Å². The highest BCUT2D eigenvalue weighted by Crippen LogP contribution is 2.42. The smallest absolute Gasteiger partial charge is 0.310 e. The molecular formula is C33H38N2O2. The zero-order valence-electron chi connectivity index (χ0n) is 22.8. The van der Waals surface area contributed by atoms with Crippen LogP contribution < -0.4 is 0 Å². The highest BCUT2D eigenvalue weighted by Gasteiger charge is 2.41. The molecule has 4 nitrogen and oxygen atoms in total. The second-order valence-corrected chi connectivity index (χ2v) is 11.7. The topological polar surface area (TPSA) is 44.1 Å². The molecule has 0 saturated heterocycles. The molecule has 1 aromatic heterocycles. The first-order valence-electron chi connectivity index (χ1n) is 12.9. The van der Waals surface area contributed by atoms with Gasteiger partial charge in [-0.05, 0) is 42.9 Å². The Hall–Kier alpha value is -3.66. The van der Waals surface area contributed by atoms with Gasteiger partial charge in [-0.1, -0.05) is 112 Å². The van der Waals surface area contributed by atoms with Crippen LogP contribution >= 0.6 is 0 Å². The van der Waals surface area contributed by atoms with E-state index >= 15 is 0 Å². The summed E-state index contributed by atoms with van der Waals surface area (Å²) >= 11 is 0. The number of hydrogen-bond acceptors (Lipinski definition) is 3. The summed E-state index contributed by atoms with van der Waals surface area (Å²) in [6, 6.07) is 31.6. The standard InChI is InChI=1S/C33H38N2O2/c1-31(2,3)29(30(36)37-32(4,5)6)22-28-23-34-24-35(28)33(25-16-10-7-11-17-25,26-18-12-8-13-19-26)27-20-14-9-15-21-27/h7-21,23-24,29H,22H2,1-6H3. The van der Waals surface area contributed by atoms with Gasteiger partial charge in [-0.2, -0.15) is 0 Å². The summed E-state index contributed by atoms with van der Waals surface area (Å²) in [5.74, 6) is -0.528. The number of nitrogens with zero attached hydrogens (tertiary/aromatic N) is 2. The molecule has 37 heavy (non-hydrogen) atoms. The van der Waals surface area contributed by atoms with Crippen LogP contribution in [-0.2, 0) is 21.5 Å². The lowest BCUT2D eigenvalue weighted by Crippen LogP contribution is -2.41. The normalized spacial score (nSPS) is 13.2. The zero-order valence-corrected chi connectivity index (χ0v) is 22.8. The molecule has 0 aliphatic carbocycles. The summed E-state index contributed by atoms with van der Waals surface area (Å²) in [7, 11) is 0. The summed E-state index contributed by atoms with van der Waals surface area (Å²) in [5.41, 5.74) is 2.81. The number of hydrogen-bond donors (Lipinski definition) is 0. The van der Waals surface area contributed by atoms with Crippen LogP contribution in [0, 0.1) is 11.3 Å². The lowest BCUT2D eigenvalue weighted by atomic mass is 9.75. The highest BCUT2D eigenvalue weighted by molar-refractivity contribution is 5.74. The Kier molecular flexibility index (Phi) is 7.40.